The second-order valence-electron chi connectivity index (χ2n) is 4.92. The molecule has 1 aliphatic rings. The predicted octanol–water partition coefficient (Wildman–Crippen LogP) is 2.96. The molecule has 1 N–H and O–H groups in total. The van der Waals surface area contributed by atoms with Crippen LogP contribution in [0.3, 0.4) is 0 Å². The third-order valence-corrected chi connectivity index (χ3v) is 4.78. The van der Waals surface area contributed by atoms with E-state index in [4.69, 9.17) is 10.1 Å². The Morgan fingerprint density at radius 3 is 2.68 bits per heavy atom. The minimum Gasteiger partial charge on any atom is -0.497 e. The quantitative estimate of drug-likeness (QED) is 0.918. The summed E-state index contributed by atoms with van der Waals surface area (Å²) in [6.07, 6.45) is 4.81. The average molecular weight is 274 g/mol. The van der Waals surface area contributed by atoms with Crippen molar-refractivity contribution in [3.8, 4) is 5.75 Å². The van der Waals surface area contributed by atoms with Crippen LogP contribution in [0.2, 0.25) is 0 Å². The molecule has 1 aromatic carbocycles. The van der Waals surface area contributed by atoms with E-state index >= 15 is 0 Å². The summed E-state index contributed by atoms with van der Waals surface area (Å²) in [5.74, 6) is 0.882. The molecule has 2 aromatic rings. The Kier molecular flexibility index (Phi) is 3.42. The summed E-state index contributed by atoms with van der Waals surface area (Å²) >= 11 is 1.65. The van der Waals surface area contributed by atoms with E-state index in [2.05, 4.69) is 16.7 Å². The molecule has 1 aliphatic carbocycles. The van der Waals surface area contributed by atoms with E-state index in [-0.39, 0.29) is 0 Å². The van der Waals surface area contributed by atoms with Crippen LogP contribution in [0.15, 0.2) is 24.3 Å². The fraction of sp³-hybridized carbons (Fsp3) is 0.400. The molecule has 1 heterocycles. The first-order chi connectivity index (χ1) is 9.28. The van der Waals surface area contributed by atoms with Gasteiger partial charge in [-0.2, -0.15) is 0 Å². The first-order valence-electron chi connectivity index (χ1n) is 6.67. The fourth-order valence-corrected chi connectivity index (χ4v) is 3.73. The number of thiazole rings is 1. The molecule has 0 fully saturated rings. The lowest BCUT2D eigenvalue weighted by atomic mass is 10.0. The first kappa shape index (κ1) is 12.5. The van der Waals surface area contributed by atoms with Crippen molar-refractivity contribution >= 4 is 11.3 Å². The van der Waals surface area contributed by atoms with Crippen LogP contribution in [-0.2, 0) is 19.4 Å². The van der Waals surface area contributed by atoms with Crippen molar-refractivity contribution in [3.63, 3.8) is 0 Å². The van der Waals surface area contributed by atoms with E-state index in [0.29, 0.717) is 4.80 Å². The SMILES string of the molecule is COc1ccc(Cn2c3c(sc2=N)CCCC3)cc1. The van der Waals surface area contributed by atoms with Crippen LogP contribution < -0.4 is 9.54 Å². The summed E-state index contributed by atoms with van der Waals surface area (Å²) in [6.45, 7) is 0.800. The van der Waals surface area contributed by atoms with Gasteiger partial charge in [0.1, 0.15) is 5.75 Å². The molecule has 0 bridgehead atoms. The number of hydrogen-bond donors (Lipinski definition) is 1. The van der Waals surface area contributed by atoms with Gasteiger partial charge in [-0.1, -0.05) is 12.1 Å². The third kappa shape index (κ3) is 2.45. The largest absolute Gasteiger partial charge is 0.497 e. The fourth-order valence-electron chi connectivity index (χ4n) is 2.63. The van der Waals surface area contributed by atoms with E-state index < -0.39 is 0 Å². The van der Waals surface area contributed by atoms with Crippen molar-refractivity contribution in [3.05, 3.63) is 45.2 Å². The smallest absolute Gasteiger partial charge is 0.182 e. The predicted molar refractivity (Wildman–Crippen MR) is 76.9 cm³/mol. The monoisotopic (exact) mass is 274 g/mol. The van der Waals surface area contributed by atoms with Crippen molar-refractivity contribution in [2.75, 3.05) is 7.11 Å². The Morgan fingerprint density at radius 2 is 1.95 bits per heavy atom. The number of fused-ring (bicyclic) bond motifs is 1. The molecule has 1 aromatic heterocycles. The topological polar surface area (TPSA) is 38.0 Å². The molecule has 0 aliphatic heterocycles. The summed E-state index contributed by atoms with van der Waals surface area (Å²) in [7, 11) is 1.68. The Balaban J connectivity index is 1.90. The van der Waals surface area contributed by atoms with Crippen LogP contribution in [0.4, 0.5) is 0 Å². The van der Waals surface area contributed by atoms with Gasteiger partial charge >= 0.3 is 0 Å². The van der Waals surface area contributed by atoms with Gasteiger partial charge in [0.15, 0.2) is 4.80 Å². The molecular formula is C15H18N2OS. The van der Waals surface area contributed by atoms with Gasteiger partial charge in [0.05, 0.1) is 13.7 Å². The number of methoxy groups -OCH3 is 1. The first-order valence-corrected chi connectivity index (χ1v) is 7.48. The summed E-state index contributed by atoms with van der Waals surface area (Å²) in [4.78, 5) is 2.10. The zero-order valence-corrected chi connectivity index (χ0v) is 11.9. The lowest BCUT2D eigenvalue weighted by Gasteiger charge is -2.14. The lowest BCUT2D eigenvalue weighted by molar-refractivity contribution is 0.414. The van der Waals surface area contributed by atoms with Crippen LogP contribution >= 0.6 is 11.3 Å². The summed E-state index contributed by atoms with van der Waals surface area (Å²) in [5, 5.41) is 8.15. The van der Waals surface area contributed by atoms with Gasteiger partial charge in [-0.15, -0.1) is 11.3 Å². The van der Waals surface area contributed by atoms with Gasteiger partial charge in [0.25, 0.3) is 0 Å². The number of rotatable bonds is 3. The number of hydrogen-bond acceptors (Lipinski definition) is 3. The summed E-state index contributed by atoms with van der Waals surface area (Å²) in [5.41, 5.74) is 2.61. The van der Waals surface area contributed by atoms with E-state index in [1.54, 1.807) is 18.4 Å². The van der Waals surface area contributed by atoms with Gasteiger partial charge in [0.2, 0.25) is 0 Å². The van der Waals surface area contributed by atoms with Crippen LogP contribution in [0.1, 0.15) is 29.0 Å². The molecule has 4 heteroatoms. The number of nitrogens with one attached hydrogen (secondary N) is 1. The minimum absolute atomic E-state index is 0.683. The van der Waals surface area contributed by atoms with Crippen molar-refractivity contribution in [1.29, 1.82) is 5.41 Å². The normalized spacial score (nSPS) is 14.2. The van der Waals surface area contributed by atoms with Crippen molar-refractivity contribution in [2.24, 2.45) is 0 Å². The molecule has 0 atom stereocenters. The maximum Gasteiger partial charge on any atom is 0.182 e. The second kappa shape index (κ2) is 5.21. The van der Waals surface area contributed by atoms with Crippen molar-refractivity contribution in [2.45, 2.75) is 32.2 Å². The highest BCUT2D eigenvalue weighted by Crippen LogP contribution is 2.24. The average Bonchev–Trinajstić information content (AvgIpc) is 2.76. The molecule has 3 nitrogen and oxygen atoms in total. The highest BCUT2D eigenvalue weighted by Gasteiger charge is 2.16. The maximum atomic E-state index is 8.15. The number of ether oxygens (including phenoxy) is 1. The summed E-state index contributed by atoms with van der Waals surface area (Å²) < 4.78 is 7.34. The zero-order valence-electron chi connectivity index (χ0n) is 11.1. The molecule has 100 valence electrons. The number of aromatic nitrogens is 1. The van der Waals surface area contributed by atoms with Gasteiger partial charge in [-0.05, 0) is 43.4 Å². The molecule has 0 spiro atoms. The van der Waals surface area contributed by atoms with Crippen LogP contribution in [0.5, 0.6) is 5.75 Å². The Morgan fingerprint density at radius 1 is 1.21 bits per heavy atom. The summed E-state index contributed by atoms with van der Waals surface area (Å²) in [6, 6.07) is 8.13. The molecular weight excluding hydrogens is 256 g/mol. The van der Waals surface area contributed by atoms with Gasteiger partial charge in [0, 0.05) is 10.6 Å². The standard InChI is InChI=1S/C15H18N2OS/c1-18-12-8-6-11(7-9-12)10-17-13-4-2-3-5-14(13)19-15(17)16/h6-9,16H,2-5,10H2,1H3. The number of benzene rings is 1. The van der Waals surface area contributed by atoms with Crippen LogP contribution in [0.25, 0.3) is 0 Å². The molecule has 0 radical (unpaired) electrons. The van der Waals surface area contributed by atoms with E-state index in [1.165, 1.54) is 29.0 Å². The van der Waals surface area contributed by atoms with Crippen molar-refractivity contribution in [1.82, 2.24) is 4.57 Å². The Labute approximate surface area is 117 Å². The molecule has 3 rings (SSSR count). The Bertz CT molecular complexity index is 625. The highest BCUT2D eigenvalue weighted by molar-refractivity contribution is 7.09. The third-order valence-electron chi connectivity index (χ3n) is 3.68. The molecule has 0 saturated carbocycles. The van der Waals surface area contributed by atoms with Crippen LogP contribution in [-0.4, -0.2) is 11.7 Å². The second-order valence-corrected chi connectivity index (χ2v) is 6.00. The maximum absolute atomic E-state index is 8.15. The molecule has 0 unspecified atom stereocenters. The molecule has 0 amide bonds. The van der Waals surface area contributed by atoms with E-state index in [1.807, 2.05) is 12.1 Å². The van der Waals surface area contributed by atoms with Gasteiger partial charge in [-0.25, -0.2) is 0 Å². The van der Waals surface area contributed by atoms with E-state index in [0.717, 1.165) is 25.1 Å². The lowest BCUT2D eigenvalue weighted by Crippen LogP contribution is -2.18. The van der Waals surface area contributed by atoms with E-state index in [9.17, 15) is 0 Å². The minimum atomic E-state index is 0.683. The number of aryl methyl sites for hydroxylation is 1. The van der Waals surface area contributed by atoms with Crippen LogP contribution in [0, 0.1) is 5.41 Å². The number of nitrogens with zero attached hydrogens (tertiary/aromatic N) is 1. The molecule has 19 heavy (non-hydrogen) atoms. The Hall–Kier alpha value is -1.55. The van der Waals surface area contributed by atoms with Gasteiger partial charge < -0.3 is 9.30 Å². The highest BCUT2D eigenvalue weighted by atomic mass is 32.1. The van der Waals surface area contributed by atoms with Gasteiger partial charge in [-0.3, -0.25) is 5.41 Å². The molecule has 0 saturated heterocycles. The van der Waals surface area contributed by atoms with Crippen molar-refractivity contribution < 1.29 is 4.74 Å². The zero-order chi connectivity index (χ0) is 13.2.